The summed E-state index contributed by atoms with van der Waals surface area (Å²) in [7, 11) is 0. The number of hydrogen-bond acceptors (Lipinski definition) is 4. The summed E-state index contributed by atoms with van der Waals surface area (Å²) in [5.41, 5.74) is 0.925. The number of carbonyl (C=O) groups is 2. The topological polar surface area (TPSA) is 47.0 Å². The largest absolute Gasteiger partial charge is 0.298 e. The van der Waals surface area contributed by atoms with Gasteiger partial charge in [0.1, 0.15) is 5.69 Å². The van der Waals surface area contributed by atoms with E-state index in [1.807, 2.05) is 0 Å². The van der Waals surface area contributed by atoms with Crippen molar-refractivity contribution in [1.82, 2.24) is 4.98 Å². The van der Waals surface area contributed by atoms with E-state index in [2.05, 4.69) is 16.8 Å². The van der Waals surface area contributed by atoms with Crippen LogP contribution in [0.1, 0.15) is 23.0 Å². The van der Waals surface area contributed by atoms with Crippen LogP contribution in [0.4, 0.5) is 0 Å². The molecule has 0 saturated carbocycles. The minimum absolute atomic E-state index is 0.0286. The second kappa shape index (κ2) is 5.99. The molecule has 0 fully saturated rings. The Morgan fingerprint density at radius 3 is 3.13 bits per heavy atom. The molecule has 0 aliphatic carbocycles. The zero-order valence-electron chi connectivity index (χ0n) is 8.19. The average molecular weight is 219 g/mol. The fourth-order valence-electron chi connectivity index (χ4n) is 0.875. The van der Waals surface area contributed by atoms with Crippen LogP contribution >= 0.6 is 11.8 Å². The number of hydrogen-bond donors (Lipinski definition) is 0. The third-order valence-electron chi connectivity index (χ3n) is 1.52. The van der Waals surface area contributed by atoms with Crippen LogP contribution in [-0.4, -0.2) is 22.1 Å². The van der Waals surface area contributed by atoms with Crippen molar-refractivity contribution in [2.24, 2.45) is 0 Å². The molecule has 76 valence electrons. The van der Waals surface area contributed by atoms with Crippen LogP contribution < -0.4 is 0 Å². The molecule has 1 heterocycles. The van der Waals surface area contributed by atoms with E-state index in [4.69, 9.17) is 0 Å². The predicted molar refractivity (Wildman–Crippen MR) is 59.6 cm³/mol. The first kappa shape index (κ1) is 11.5. The Balaban J connectivity index is 2.70. The smallest absolute Gasteiger partial charge is 0.186 e. The Kier molecular flexibility index (Phi) is 4.58. The molecule has 0 bridgehead atoms. The lowest BCUT2D eigenvalue weighted by Gasteiger charge is -1.92. The number of carbonyl (C=O) groups excluding carboxylic acids is 2. The first-order valence-corrected chi connectivity index (χ1v) is 5.25. The van der Waals surface area contributed by atoms with Crippen molar-refractivity contribution in [1.29, 1.82) is 0 Å². The van der Waals surface area contributed by atoms with Gasteiger partial charge >= 0.3 is 0 Å². The number of pyridine rings is 1. The summed E-state index contributed by atoms with van der Waals surface area (Å²) in [6.45, 7) is 1.49. The number of nitrogens with zero attached hydrogens (tertiary/aromatic N) is 1. The van der Waals surface area contributed by atoms with E-state index >= 15 is 0 Å². The minimum Gasteiger partial charge on any atom is -0.298 e. The van der Waals surface area contributed by atoms with Gasteiger partial charge in [0.05, 0.1) is 5.75 Å². The first-order chi connectivity index (χ1) is 7.24. The highest BCUT2D eigenvalue weighted by Gasteiger charge is 1.97. The van der Waals surface area contributed by atoms with Crippen molar-refractivity contribution in [3.63, 3.8) is 0 Å². The number of aromatic nitrogens is 1. The summed E-state index contributed by atoms with van der Waals surface area (Å²) < 4.78 is 0. The molecule has 0 radical (unpaired) electrons. The molecule has 0 aliphatic heterocycles. The molecule has 0 saturated heterocycles. The van der Waals surface area contributed by atoms with Gasteiger partial charge in [0, 0.05) is 18.7 Å². The van der Waals surface area contributed by atoms with Crippen LogP contribution in [0.5, 0.6) is 0 Å². The lowest BCUT2D eigenvalue weighted by atomic mass is 10.2. The van der Waals surface area contributed by atoms with Crippen LogP contribution in [0, 0.1) is 11.8 Å². The van der Waals surface area contributed by atoms with Crippen LogP contribution in [0.2, 0.25) is 0 Å². The monoisotopic (exact) mass is 219 g/mol. The Bertz CT molecular complexity index is 432. The van der Waals surface area contributed by atoms with Crippen LogP contribution in [0.3, 0.4) is 0 Å². The summed E-state index contributed by atoms with van der Waals surface area (Å²) in [5.74, 6) is 5.95. The molecule has 0 atom stereocenters. The third-order valence-corrected chi connectivity index (χ3v) is 2.22. The fraction of sp³-hybridized carbons (Fsp3) is 0.182. The lowest BCUT2D eigenvalue weighted by Crippen LogP contribution is -1.90. The van der Waals surface area contributed by atoms with E-state index < -0.39 is 0 Å². The zero-order valence-corrected chi connectivity index (χ0v) is 9.00. The van der Waals surface area contributed by atoms with Gasteiger partial charge in [0.25, 0.3) is 0 Å². The van der Waals surface area contributed by atoms with Crippen LogP contribution in [-0.2, 0) is 4.79 Å². The summed E-state index contributed by atoms with van der Waals surface area (Å²) >= 11 is 1.14. The van der Waals surface area contributed by atoms with E-state index in [1.165, 1.54) is 6.92 Å². The predicted octanol–water partition coefficient (Wildman–Crippen LogP) is 1.53. The van der Waals surface area contributed by atoms with E-state index in [0.29, 0.717) is 17.0 Å². The van der Waals surface area contributed by atoms with Gasteiger partial charge in [-0.15, -0.1) is 0 Å². The minimum atomic E-state index is 0.0286. The lowest BCUT2D eigenvalue weighted by molar-refractivity contribution is -0.109. The number of thioether (sulfide) groups is 1. The Morgan fingerprint density at radius 2 is 2.47 bits per heavy atom. The van der Waals surface area contributed by atoms with E-state index in [-0.39, 0.29) is 5.12 Å². The van der Waals surface area contributed by atoms with Gasteiger partial charge in [0.15, 0.2) is 11.4 Å². The SMILES string of the molecule is CC(=O)SCC#Cc1ncccc1C=O. The van der Waals surface area contributed by atoms with Gasteiger partial charge in [-0.2, -0.15) is 0 Å². The molecule has 0 aliphatic rings. The van der Waals surface area contributed by atoms with Gasteiger partial charge < -0.3 is 0 Å². The summed E-state index contributed by atoms with van der Waals surface area (Å²) in [5, 5.41) is 0.0286. The molecule has 0 amide bonds. The van der Waals surface area contributed by atoms with E-state index in [0.717, 1.165) is 18.0 Å². The molecule has 1 aromatic rings. The van der Waals surface area contributed by atoms with Crippen molar-refractivity contribution in [3.05, 3.63) is 29.6 Å². The maximum Gasteiger partial charge on any atom is 0.186 e. The van der Waals surface area contributed by atoms with Gasteiger partial charge in [-0.3, -0.25) is 9.59 Å². The molecule has 0 unspecified atom stereocenters. The first-order valence-electron chi connectivity index (χ1n) is 4.26. The second-order valence-electron chi connectivity index (χ2n) is 2.64. The van der Waals surface area contributed by atoms with Gasteiger partial charge in [0.2, 0.25) is 0 Å². The highest BCUT2D eigenvalue weighted by Crippen LogP contribution is 2.01. The quantitative estimate of drug-likeness (QED) is 0.559. The highest BCUT2D eigenvalue weighted by molar-refractivity contribution is 8.13. The number of rotatable bonds is 2. The zero-order chi connectivity index (χ0) is 11.1. The van der Waals surface area contributed by atoms with Crippen LogP contribution in [0.25, 0.3) is 0 Å². The summed E-state index contributed by atoms with van der Waals surface area (Å²) in [6.07, 6.45) is 2.30. The number of aldehydes is 1. The maximum absolute atomic E-state index is 10.6. The molecule has 0 spiro atoms. The fourth-order valence-corrected chi connectivity index (χ4v) is 1.22. The summed E-state index contributed by atoms with van der Waals surface area (Å²) in [6, 6.07) is 3.33. The third kappa shape index (κ3) is 3.96. The van der Waals surface area contributed by atoms with Crippen molar-refractivity contribution in [2.75, 3.05) is 5.75 Å². The standard InChI is InChI=1S/C11H9NO2S/c1-9(14)15-7-3-5-11-10(8-13)4-2-6-12-11/h2,4,6,8H,7H2,1H3. The molecular weight excluding hydrogens is 210 g/mol. The van der Waals surface area contributed by atoms with Crippen molar-refractivity contribution in [3.8, 4) is 11.8 Å². The van der Waals surface area contributed by atoms with Gasteiger partial charge in [-0.1, -0.05) is 17.7 Å². The van der Waals surface area contributed by atoms with Crippen molar-refractivity contribution in [2.45, 2.75) is 6.92 Å². The Hall–Kier alpha value is -1.60. The summed E-state index contributed by atoms with van der Waals surface area (Å²) in [4.78, 5) is 25.2. The van der Waals surface area contributed by atoms with Gasteiger partial charge in [-0.25, -0.2) is 4.98 Å². The van der Waals surface area contributed by atoms with E-state index in [9.17, 15) is 9.59 Å². The van der Waals surface area contributed by atoms with Gasteiger partial charge in [-0.05, 0) is 18.1 Å². The maximum atomic E-state index is 10.6. The van der Waals surface area contributed by atoms with Crippen molar-refractivity contribution < 1.29 is 9.59 Å². The highest BCUT2D eigenvalue weighted by atomic mass is 32.2. The molecule has 0 N–H and O–H groups in total. The average Bonchev–Trinajstić information content (AvgIpc) is 2.24. The molecule has 1 rings (SSSR count). The molecular formula is C11H9NO2S. The molecule has 1 aromatic heterocycles. The van der Waals surface area contributed by atoms with Crippen molar-refractivity contribution >= 4 is 23.2 Å². The van der Waals surface area contributed by atoms with Crippen LogP contribution in [0.15, 0.2) is 18.3 Å². The Labute approximate surface area is 92.3 Å². The normalized spacial score (nSPS) is 8.87. The molecule has 3 nitrogen and oxygen atoms in total. The molecule has 4 heteroatoms. The second-order valence-corrected chi connectivity index (χ2v) is 3.79. The van der Waals surface area contributed by atoms with E-state index in [1.54, 1.807) is 18.3 Å². The molecule has 0 aromatic carbocycles. The molecule has 15 heavy (non-hydrogen) atoms. The Morgan fingerprint density at radius 1 is 1.67 bits per heavy atom.